The second kappa shape index (κ2) is 16.2. The maximum absolute atomic E-state index is 5.22. The van der Waals surface area contributed by atoms with Crippen LogP contribution in [0.1, 0.15) is 47.2 Å². The minimum Gasteiger partial charge on any atom is -0.310 e. The van der Waals surface area contributed by atoms with Crippen molar-refractivity contribution in [1.82, 2.24) is 9.97 Å². The smallest absolute Gasteiger partial charge is 0.0937 e. The highest BCUT2D eigenvalue weighted by Crippen LogP contribution is 2.69. The predicted octanol–water partition coefficient (Wildman–Crippen LogP) is 17.4. The van der Waals surface area contributed by atoms with Gasteiger partial charge in [-0.3, -0.25) is 9.97 Å². The quantitative estimate of drug-likeness (QED) is 0.152. The Hall–Kier alpha value is -9.12. The van der Waals surface area contributed by atoms with Gasteiger partial charge in [0.2, 0.25) is 0 Å². The molecule has 3 aliphatic rings. The number of nitrogens with zero attached hydrogens (tertiary/aromatic N) is 4. The van der Waals surface area contributed by atoms with Crippen LogP contribution in [0, 0.1) is 0 Å². The van der Waals surface area contributed by atoms with Gasteiger partial charge < -0.3 is 9.80 Å². The average Bonchev–Trinajstić information content (AvgIpc) is 4.01. The first-order chi connectivity index (χ1) is 35.5. The van der Waals surface area contributed by atoms with E-state index in [4.69, 9.17) is 9.97 Å². The van der Waals surface area contributed by atoms with Crippen molar-refractivity contribution in [2.45, 2.75) is 24.7 Å². The summed E-state index contributed by atoms with van der Waals surface area (Å²) in [4.78, 5) is 15.3. The zero-order chi connectivity index (χ0) is 48.0. The number of benzene rings is 9. The summed E-state index contributed by atoms with van der Waals surface area (Å²) in [6, 6.07) is 88.7. The van der Waals surface area contributed by atoms with Crippen LogP contribution in [-0.2, 0) is 10.8 Å². The Kier molecular flexibility index (Phi) is 9.43. The van der Waals surface area contributed by atoms with Crippen molar-refractivity contribution in [3.8, 4) is 55.9 Å². The van der Waals surface area contributed by atoms with Crippen molar-refractivity contribution in [3.05, 3.63) is 288 Å². The molecule has 0 atom stereocenters. The molecule has 0 saturated carbocycles. The Morgan fingerprint density at radius 3 is 1.33 bits per heavy atom. The summed E-state index contributed by atoms with van der Waals surface area (Å²) in [5.74, 6) is 0. The molecule has 4 heteroatoms. The van der Waals surface area contributed by atoms with E-state index >= 15 is 0 Å². The summed E-state index contributed by atoms with van der Waals surface area (Å²) in [6.07, 6.45) is 3.85. The summed E-state index contributed by atoms with van der Waals surface area (Å²) in [7, 11) is 0. The Balaban J connectivity index is 1.09. The monoisotopic (exact) mass is 920 g/mol. The molecule has 0 N–H and O–H groups in total. The van der Waals surface area contributed by atoms with Gasteiger partial charge in [-0.1, -0.05) is 178 Å². The van der Waals surface area contributed by atoms with E-state index in [9.17, 15) is 0 Å². The van der Waals surface area contributed by atoms with Gasteiger partial charge in [0.05, 0.1) is 22.5 Å². The summed E-state index contributed by atoms with van der Waals surface area (Å²) in [5, 5.41) is 0. The molecule has 9 aromatic carbocycles. The summed E-state index contributed by atoms with van der Waals surface area (Å²) < 4.78 is 0. The third-order valence-electron chi connectivity index (χ3n) is 15.5. The molecule has 11 aromatic rings. The number of hydrogen-bond donors (Lipinski definition) is 0. The van der Waals surface area contributed by atoms with Gasteiger partial charge in [-0.05, 0) is 151 Å². The van der Waals surface area contributed by atoms with Crippen LogP contribution in [0.2, 0.25) is 0 Å². The lowest BCUT2D eigenvalue weighted by molar-refractivity contribution is 0.636. The Morgan fingerprint density at radius 2 is 0.764 bits per heavy atom. The standard InChI is InChI=1S/C68H48N4/c1-67(2)57-28-16-15-27-54(57)56-44-61(72(50-25-13-6-14-26-50)52-37-33-48(34-38-52)46-21-9-4-10-22-46)62-55-40-39-53(71(49-23-11-5-12-24-49)51-35-31-47(32-36-51)45-19-7-3-8-20-45)43-60(55)68(64(62)63(56)67)58-29-17-41-69-65(58)66-59(68)30-18-42-70-66/h3-44H,1-2H3. The maximum atomic E-state index is 5.22. The molecular weight excluding hydrogens is 873 g/mol. The van der Waals surface area contributed by atoms with Crippen LogP contribution in [0.5, 0.6) is 0 Å². The second-order valence-electron chi connectivity index (χ2n) is 19.7. The van der Waals surface area contributed by atoms with Gasteiger partial charge in [-0.15, -0.1) is 0 Å². The molecule has 14 rings (SSSR count). The van der Waals surface area contributed by atoms with E-state index in [1.165, 1.54) is 66.8 Å². The highest BCUT2D eigenvalue weighted by molar-refractivity contribution is 6.06. The molecule has 0 unspecified atom stereocenters. The molecule has 3 aliphatic carbocycles. The zero-order valence-electron chi connectivity index (χ0n) is 40.0. The molecule has 0 bridgehead atoms. The van der Waals surface area contributed by atoms with Crippen LogP contribution < -0.4 is 9.80 Å². The largest absolute Gasteiger partial charge is 0.310 e. The molecule has 0 radical (unpaired) electrons. The molecule has 0 amide bonds. The van der Waals surface area contributed by atoms with E-state index in [1.54, 1.807) is 0 Å². The normalized spacial score (nSPS) is 13.6. The number of hydrogen-bond acceptors (Lipinski definition) is 4. The van der Waals surface area contributed by atoms with Gasteiger partial charge in [-0.25, -0.2) is 0 Å². The SMILES string of the molecule is CC1(C)c2ccccc2-c2cc(N(c3ccccc3)c3ccc(-c4ccccc4)cc3)c3c(c21)C1(c2cc(N(c4ccccc4)c4ccc(-c5ccccc5)cc4)ccc2-3)c2cccnc2-c2ncccc21. The van der Waals surface area contributed by atoms with E-state index in [0.717, 1.165) is 56.6 Å². The first-order valence-corrected chi connectivity index (χ1v) is 24.9. The van der Waals surface area contributed by atoms with Crippen LogP contribution >= 0.6 is 0 Å². The van der Waals surface area contributed by atoms with Crippen molar-refractivity contribution in [3.63, 3.8) is 0 Å². The van der Waals surface area contributed by atoms with Gasteiger partial charge in [0.1, 0.15) is 0 Å². The van der Waals surface area contributed by atoms with Gasteiger partial charge in [0.15, 0.2) is 0 Å². The zero-order valence-corrected chi connectivity index (χ0v) is 40.0. The van der Waals surface area contributed by atoms with Crippen LogP contribution in [0.15, 0.2) is 255 Å². The van der Waals surface area contributed by atoms with Gasteiger partial charge in [0, 0.05) is 51.8 Å². The Bertz CT molecular complexity index is 3820. The van der Waals surface area contributed by atoms with Crippen molar-refractivity contribution < 1.29 is 0 Å². The molecule has 340 valence electrons. The third-order valence-corrected chi connectivity index (χ3v) is 15.5. The number of anilines is 6. The third kappa shape index (κ3) is 6.12. The van der Waals surface area contributed by atoms with Crippen molar-refractivity contribution in [2.75, 3.05) is 9.80 Å². The fourth-order valence-corrected chi connectivity index (χ4v) is 12.5. The van der Waals surface area contributed by atoms with Crippen molar-refractivity contribution >= 4 is 34.1 Å². The summed E-state index contributed by atoms with van der Waals surface area (Å²) >= 11 is 0. The predicted molar refractivity (Wildman–Crippen MR) is 296 cm³/mol. The van der Waals surface area contributed by atoms with Gasteiger partial charge in [-0.2, -0.15) is 0 Å². The lowest BCUT2D eigenvalue weighted by Gasteiger charge is -2.36. The molecule has 1 spiro atoms. The number of para-hydroxylation sites is 2. The van der Waals surface area contributed by atoms with Gasteiger partial charge >= 0.3 is 0 Å². The van der Waals surface area contributed by atoms with Crippen molar-refractivity contribution in [1.29, 1.82) is 0 Å². The summed E-state index contributed by atoms with van der Waals surface area (Å²) in [5.41, 5.74) is 24.4. The van der Waals surface area contributed by atoms with E-state index in [1.807, 2.05) is 12.4 Å². The number of aromatic nitrogens is 2. The number of pyridine rings is 2. The number of rotatable bonds is 8. The van der Waals surface area contributed by atoms with E-state index in [2.05, 4.69) is 266 Å². The molecular formula is C68H48N4. The lowest BCUT2D eigenvalue weighted by Crippen LogP contribution is -2.31. The average molecular weight is 921 g/mol. The van der Waals surface area contributed by atoms with Crippen molar-refractivity contribution in [2.24, 2.45) is 0 Å². The summed E-state index contributed by atoms with van der Waals surface area (Å²) in [6.45, 7) is 4.85. The van der Waals surface area contributed by atoms with E-state index < -0.39 is 5.41 Å². The molecule has 0 aliphatic heterocycles. The molecule has 4 nitrogen and oxygen atoms in total. The molecule has 0 saturated heterocycles. The van der Waals surface area contributed by atoms with Crippen LogP contribution in [0.25, 0.3) is 55.9 Å². The first-order valence-electron chi connectivity index (χ1n) is 24.9. The van der Waals surface area contributed by atoms with E-state index in [-0.39, 0.29) is 5.41 Å². The maximum Gasteiger partial charge on any atom is 0.0937 e. The molecule has 2 aromatic heterocycles. The highest BCUT2D eigenvalue weighted by Gasteiger charge is 2.58. The number of fused-ring (bicyclic) bond motifs is 14. The Morgan fingerprint density at radius 1 is 0.319 bits per heavy atom. The van der Waals surface area contributed by atoms with Crippen LogP contribution in [0.4, 0.5) is 34.1 Å². The van der Waals surface area contributed by atoms with Crippen LogP contribution in [-0.4, -0.2) is 9.97 Å². The fourth-order valence-electron chi connectivity index (χ4n) is 12.5. The lowest BCUT2D eigenvalue weighted by atomic mass is 9.66. The minimum atomic E-state index is -0.785. The topological polar surface area (TPSA) is 32.3 Å². The Labute approximate surface area is 420 Å². The van der Waals surface area contributed by atoms with E-state index in [0.29, 0.717) is 0 Å². The fraction of sp³-hybridized carbons (Fsp3) is 0.0588. The molecule has 0 fully saturated rings. The minimum absolute atomic E-state index is 0.356. The molecule has 72 heavy (non-hydrogen) atoms. The van der Waals surface area contributed by atoms with Crippen LogP contribution in [0.3, 0.4) is 0 Å². The highest BCUT2D eigenvalue weighted by atomic mass is 15.2. The molecule has 2 heterocycles. The second-order valence-corrected chi connectivity index (χ2v) is 19.7. The first kappa shape index (κ1) is 41.8. The van der Waals surface area contributed by atoms with Gasteiger partial charge in [0.25, 0.3) is 0 Å².